The van der Waals surface area contributed by atoms with Crippen LogP contribution in [0.4, 0.5) is 0 Å². The highest BCUT2D eigenvalue weighted by Crippen LogP contribution is 2.26. The Morgan fingerprint density at radius 3 is 2.27 bits per heavy atom. The molecule has 0 bridgehead atoms. The molecule has 0 aliphatic rings. The third-order valence-corrected chi connectivity index (χ3v) is 3.89. The maximum atomic E-state index is 11.5. The van der Waals surface area contributed by atoms with Crippen LogP contribution in [0.5, 0.6) is 5.75 Å². The first kappa shape index (κ1) is 16.0. The topological polar surface area (TPSA) is 78.3 Å². The second kappa shape index (κ2) is 7.61. The maximum Gasteiger partial charge on any atom is 0.234 e. The average molecular weight is 298 g/mol. The van der Waals surface area contributed by atoms with Gasteiger partial charge < -0.3 is 16.2 Å². The number of carbonyl (C=O) groups is 1. The van der Waals surface area contributed by atoms with Gasteiger partial charge in [0.1, 0.15) is 5.75 Å². The number of aryl methyl sites for hydroxylation is 1. The fraction of sp³-hybridized carbons (Fsp3) is 0.278. The zero-order valence-electron chi connectivity index (χ0n) is 12.7. The summed E-state index contributed by atoms with van der Waals surface area (Å²) in [5.74, 6) is 0.190. The summed E-state index contributed by atoms with van der Waals surface area (Å²) < 4.78 is 5.16. The Labute approximate surface area is 131 Å². The normalized spacial score (nSPS) is 13.4. The summed E-state index contributed by atoms with van der Waals surface area (Å²) in [4.78, 5) is 11.5. The van der Waals surface area contributed by atoms with E-state index in [9.17, 15) is 4.79 Å². The van der Waals surface area contributed by atoms with Crippen molar-refractivity contribution >= 4 is 5.91 Å². The van der Waals surface area contributed by atoms with Gasteiger partial charge in [-0.3, -0.25) is 4.79 Å². The van der Waals surface area contributed by atoms with Crippen LogP contribution in [0.1, 0.15) is 23.5 Å². The van der Waals surface area contributed by atoms with Crippen molar-refractivity contribution in [3.05, 3.63) is 65.7 Å². The summed E-state index contributed by atoms with van der Waals surface area (Å²) >= 11 is 0. The van der Waals surface area contributed by atoms with Crippen LogP contribution in [0.25, 0.3) is 0 Å². The first-order valence-electron chi connectivity index (χ1n) is 7.34. The quantitative estimate of drug-likeness (QED) is 0.822. The van der Waals surface area contributed by atoms with Crippen molar-refractivity contribution in [3.63, 3.8) is 0 Å². The smallest absolute Gasteiger partial charge is 0.234 e. The number of primary amides is 1. The van der Waals surface area contributed by atoms with Crippen molar-refractivity contribution < 1.29 is 9.53 Å². The number of ether oxygens (including phenoxy) is 1. The van der Waals surface area contributed by atoms with Gasteiger partial charge in [0.2, 0.25) is 5.91 Å². The minimum absolute atomic E-state index is 0.108. The van der Waals surface area contributed by atoms with Gasteiger partial charge >= 0.3 is 0 Å². The van der Waals surface area contributed by atoms with Crippen molar-refractivity contribution in [1.29, 1.82) is 0 Å². The highest BCUT2D eigenvalue weighted by atomic mass is 16.5. The predicted molar refractivity (Wildman–Crippen MR) is 87.7 cm³/mol. The number of hydrogen-bond donors (Lipinski definition) is 2. The summed E-state index contributed by atoms with van der Waals surface area (Å²) in [5.41, 5.74) is 13.7. The van der Waals surface area contributed by atoms with Gasteiger partial charge in [-0.15, -0.1) is 0 Å². The molecular formula is C18H22N2O2. The van der Waals surface area contributed by atoms with E-state index in [2.05, 4.69) is 12.1 Å². The Hall–Kier alpha value is -2.33. The van der Waals surface area contributed by atoms with Crippen LogP contribution >= 0.6 is 0 Å². The van der Waals surface area contributed by atoms with Gasteiger partial charge in [-0.25, -0.2) is 0 Å². The lowest BCUT2D eigenvalue weighted by atomic mass is 9.86. The lowest BCUT2D eigenvalue weighted by molar-refractivity contribution is -0.119. The molecule has 2 rings (SSSR count). The molecule has 22 heavy (non-hydrogen) atoms. The SMILES string of the molecule is COc1ccc(C(CCc2ccccc2)C(N)C(N)=O)cc1. The number of benzene rings is 2. The van der Waals surface area contributed by atoms with E-state index in [0.29, 0.717) is 0 Å². The minimum Gasteiger partial charge on any atom is -0.497 e. The number of nitrogens with two attached hydrogens (primary N) is 2. The zero-order valence-corrected chi connectivity index (χ0v) is 12.7. The Morgan fingerprint density at radius 2 is 1.73 bits per heavy atom. The predicted octanol–water partition coefficient (Wildman–Crippen LogP) is 2.22. The molecule has 0 aliphatic heterocycles. The van der Waals surface area contributed by atoms with Crippen molar-refractivity contribution in [2.24, 2.45) is 11.5 Å². The molecule has 2 atom stereocenters. The molecular weight excluding hydrogens is 276 g/mol. The molecule has 0 saturated carbocycles. The molecule has 2 aromatic carbocycles. The van der Waals surface area contributed by atoms with E-state index in [-0.39, 0.29) is 5.92 Å². The van der Waals surface area contributed by atoms with Crippen LogP contribution in [0.3, 0.4) is 0 Å². The highest BCUT2D eigenvalue weighted by molar-refractivity contribution is 5.80. The fourth-order valence-corrected chi connectivity index (χ4v) is 2.57. The molecule has 0 saturated heterocycles. The number of rotatable bonds is 7. The molecule has 116 valence electrons. The molecule has 4 nitrogen and oxygen atoms in total. The maximum absolute atomic E-state index is 11.5. The average Bonchev–Trinajstić information content (AvgIpc) is 2.56. The van der Waals surface area contributed by atoms with Crippen molar-refractivity contribution in [1.82, 2.24) is 0 Å². The van der Waals surface area contributed by atoms with Gasteiger partial charge in [-0.1, -0.05) is 42.5 Å². The molecule has 4 N–H and O–H groups in total. The Kier molecular flexibility index (Phi) is 5.55. The van der Waals surface area contributed by atoms with Crippen LogP contribution in [-0.4, -0.2) is 19.1 Å². The van der Waals surface area contributed by atoms with E-state index in [1.165, 1.54) is 5.56 Å². The fourth-order valence-electron chi connectivity index (χ4n) is 2.57. The molecule has 0 aromatic heterocycles. The molecule has 0 aliphatic carbocycles. The van der Waals surface area contributed by atoms with Crippen LogP contribution in [-0.2, 0) is 11.2 Å². The van der Waals surface area contributed by atoms with E-state index in [1.807, 2.05) is 42.5 Å². The Balaban J connectivity index is 2.16. The van der Waals surface area contributed by atoms with Gasteiger partial charge in [-0.05, 0) is 36.1 Å². The Morgan fingerprint density at radius 1 is 1.09 bits per heavy atom. The third kappa shape index (κ3) is 4.09. The Bertz CT molecular complexity index is 596. The van der Waals surface area contributed by atoms with Crippen LogP contribution in [0.15, 0.2) is 54.6 Å². The van der Waals surface area contributed by atoms with Crippen LogP contribution < -0.4 is 16.2 Å². The first-order chi connectivity index (χ1) is 10.6. The van der Waals surface area contributed by atoms with Crippen LogP contribution in [0.2, 0.25) is 0 Å². The zero-order chi connectivity index (χ0) is 15.9. The van der Waals surface area contributed by atoms with E-state index >= 15 is 0 Å². The number of carbonyl (C=O) groups excluding carboxylic acids is 1. The standard InChI is InChI=1S/C18H22N2O2/c1-22-15-10-8-14(9-11-15)16(17(19)18(20)21)12-7-13-5-3-2-4-6-13/h2-6,8-11,16-17H,7,12,19H2,1H3,(H2,20,21). The monoisotopic (exact) mass is 298 g/mol. The van der Waals surface area contributed by atoms with E-state index < -0.39 is 11.9 Å². The lowest BCUT2D eigenvalue weighted by Crippen LogP contribution is -2.41. The van der Waals surface area contributed by atoms with Crippen molar-refractivity contribution in [2.45, 2.75) is 24.8 Å². The lowest BCUT2D eigenvalue weighted by Gasteiger charge is -2.22. The molecule has 0 radical (unpaired) electrons. The van der Waals surface area contributed by atoms with Crippen LogP contribution in [0, 0.1) is 0 Å². The summed E-state index contributed by atoms with van der Waals surface area (Å²) in [6, 6.07) is 17.1. The second-order valence-corrected chi connectivity index (χ2v) is 5.33. The number of hydrogen-bond acceptors (Lipinski definition) is 3. The van der Waals surface area contributed by atoms with Gasteiger partial charge in [0.15, 0.2) is 0 Å². The molecule has 0 heterocycles. The minimum atomic E-state index is -0.697. The molecule has 0 fully saturated rings. The number of amides is 1. The number of methoxy groups -OCH3 is 1. The van der Waals surface area contributed by atoms with E-state index in [4.69, 9.17) is 16.2 Å². The summed E-state index contributed by atoms with van der Waals surface area (Å²) in [5, 5.41) is 0. The van der Waals surface area contributed by atoms with Crippen molar-refractivity contribution in [2.75, 3.05) is 7.11 Å². The van der Waals surface area contributed by atoms with Gasteiger partial charge in [-0.2, -0.15) is 0 Å². The van der Waals surface area contributed by atoms with E-state index in [0.717, 1.165) is 24.2 Å². The summed E-state index contributed by atoms with van der Waals surface area (Å²) in [6.45, 7) is 0. The molecule has 0 spiro atoms. The molecule has 1 amide bonds. The highest BCUT2D eigenvalue weighted by Gasteiger charge is 2.24. The molecule has 2 aromatic rings. The molecule has 2 unspecified atom stereocenters. The first-order valence-corrected chi connectivity index (χ1v) is 7.34. The third-order valence-electron chi connectivity index (χ3n) is 3.89. The van der Waals surface area contributed by atoms with Gasteiger partial charge in [0.05, 0.1) is 13.2 Å². The largest absolute Gasteiger partial charge is 0.497 e. The second-order valence-electron chi connectivity index (χ2n) is 5.33. The van der Waals surface area contributed by atoms with Crippen molar-refractivity contribution in [3.8, 4) is 5.75 Å². The van der Waals surface area contributed by atoms with Gasteiger partial charge in [0, 0.05) is 5.92 Å². The van der Waals surface area contributed by atoms with Gasteiger partial charge in [0.25, 0.3) is 0 Å². The van der Waals surface area contributed by atoms with E-state index in [1.54, 1.807) is 7.11 Å². The molecule has 4 heteroatoms. The summed E-state index contributed by atoms with van der Waals surface area (Å²) in [7, 11) is 1.62. The summed E-state index contributed by atoms with van der Waals surface area (Å²) in [6.07, 6.45) is 1.61.